The van der Waals surface area contributed by atoms with E-state index in [1.807, 2.05) is 0 Å². The van der Waals surface area contributed by atoms with Crippen LogP contribution in [0.15, 0.2) is 24.4 Å². The third-order valence-corrected chi connectivity index (χ3v) is 2.74. The molecule has 0 saturated heterocycles. The first-order chi connectivity index (χ1) is 7.58. The number of rotatable bonds is 3. The summed E-state index contributed by atoms with van der Waals surface area (Å²) in [4.78, 5) is 13.8. The van der Waals surface area contributed by atoms with E-state index in [1.54, 1.807) is 12.3 Å². The molecule has 1 heterocycles. The maximum Gasteiger partial charge on any atom is 0.238 e. The van der Waals surface area contributed by atoms with Gasteiger partial charge in [-0.15, -0.1) is 12.4 Å². The van der Waals surface area contributed by atoms with Crippen LogP contribution in [0.2, 0.25) is 0 Å². The number of nitrogens with one attached hydrogen (secondary N) is 1. The maximum absolute atomic E-state index is 12.9. The number of fused-ring (bicyclic) bond motifs is 1. The number of H-pyrrole nitrogens is 1. The third kappa shape index (κ3) is 2.97. The molecule has 0 amide bonds. The fourth-order valence-corrected chi connectivity index (χ4v) is 1.72. The van der Waals surface area contributed by atoms with Crippen LogP contribution in [-0.2, 0) is 11.2 Å². The minimum absolute atomic E-state index is 0. The second kappa shape index (κ2) is 5.49. The van der Waals surface area contributed by atoms with Crippen molar-refractivity contribution >= 4 is 40.2 Å². The Bertz CT molecular complexity index is 541. The first kappa shape index (κ1) is 14.0. The smallest absolute Gasteiger partial charge is 0.238 e. The molecule has 1 aromatic carbocycles. The maximum atomic E-state index is 12.9. The van der Waals surface area contributed by atoms with Crippen molar-refractivity contribution in [2.24, 2.45) is 5.73 Å². The lowest BCUT2D eigenvalue weighted by molar-refractivity contribution is -0.112. The Balaban J connectivity index is 0.00000144. The van der Waals surface area contributed by atoms with Crippen LogP contribution in [0.3, 0.4) is 0 Å². The molecule has 1 unspecified atom stereocenters. The van der Waals surface area contributed by atoms with E-state index < -0.39 is 11.3 Å². The Labute approximate surface area is 109 Å². The number of halogens is 3. The van der Waals surface area contributed by atoms with Crippen molar-refractivity contribution in [1.29, 1.82) is 0 Å². The number of benzene rings is 1. The van der Waals surface area contributed by atoms with Gasteiger partial charge in [-0.2, -0.15) is 0 Å². The third-order valence-electron chi connectivity index (χ3n) is 2.46. The van der Waals surface area contributed by atoms with Gasteiger partial charge < -0.3 is 10.7 Å². The first-order valence-electron chi connectivity index (χ1n) is 4.78. The summed E-state index contributed by atoms with van der Waals surface area (Å²) >= 11 is 5.29. The molecule has 3 N–H and O–H groups in total. The lowest BCUT2D eigenvalue weighted by Crippen LogP contribution is -2.29. The van der Waals surface area contributed by atoms with Crippen LogP contribution in [0.5, 0.6) is 0 Å². The number of hydrogen-bond donors (Lipinski definition) is 2. The molecule has 6 heteroatoms. The lowest BCUT2D eigenvalue weighted by Gasteiger charge is -2.04. The summed E-state index contributed by atoms with van der Waals surface area (Å²) in [6, 6.07) is 3.69. The van der Waals surface area contributed by atoms with Gasteiger partial charge in [0.25, 0.3) is 0 Å². The van der Waals surface area contributed by atoms with Gasteiger partial charge in [0.05, 0.1) is 6.04 Å². The van der Waals surface area contributed by atoms with E-state index in [0.717, 1.165) is 10.9 Å². The highest BCUT2D eigenvalue weighted by atomic mass is 35.5. The predicted molar refractivity (Wildman–Crippen MR) is 68.0 cm³/mol. The van der Waals surface area contributed by atoms with Crippen LogP contribution in [-0.4, -0.2) is 16.3 Å². The number of carbonyl (C=O) groups excluding carboxylic acids is 1. The molecule has 92 valence electrons. The average Bonchev–Trinajstić information content (AvgIpc) is 2.60. The first-order valence-corrected chi connectivity index (χ1v) is 5.16. The Kier molecular flexibility index (Phi) is 4.51. The summed E-state index contributed by atoms with van der Waals surface area (Å²) in [5.74, 6) is -0.307. The van der Waals surface area contributed by atoms with Crippen LogP contribution >= 0.6 is 24.0 Å². The van der Waals surface area contributed by atoms with Gasteiger partial charge in [0, 0.05) is 17.1 Å². The highest BCUT2D eigenvalue weighted by Crippen LogP contribution is 2.20. The highest BCUT2D eigenvalue weighted by molar-refractivity contribution is 6.64. The highest BCUT2D eigenvalue weighted by Gasteiger charge is 2.14. The minimum atomic E-state index is -0.731. The van der Waals surface area contributed by atoms with Gasteiger partial charge >= 0.3 is 0 Å². The number of aromatic amines is 1. The molecule has 0 aliphatic carbocycles. The van der Waals surface area contributed by atoms with Crippen LogP contribution in [0.4, 0.5) is 4.39 Å². The van der Waals surface area contributed by atoms with Crippen LogP contribution < -0.4 is 5.73 Å². The Hall–Kier alpha value is -1.10. The quantitative estimate of drug-likeness (QED) is 0.846. The molecule has 2 rings (SSSR count). The molecule has 1 atom stereocenters. The molecule has 0 saturated carbocycles. The number of carbonyl (C=O) groups is 1. The summed E-state index contributed by atoms with van der Waals surface area (Å²) in [6.45, 7) is 0. The van der Waals surface area contributed by atoms with E-state index in [1.165, 1.54) is 12.1 Å². The fraction of sp³-hybridized carbons (Fsp3) is 0.182. The standard InChI is InChI=1S/C11H10ClFN2O.ClH/c12-11(16)9(14)3-6-5-15-10-4-7(13)1-2-8(6)10;/h1-2,4-5,9,15H,3,14H2;1H. The van der Waals surface area contributed by atoms with Crippen molar-refractivity contribution in [3.63, 3.8) is 0 Å². The summed E-state index contributed by atoms with van der Waals surface area (Å²) in [5, 5.41) is 0.284. The molecule has 0 bridgehead atoms. The van der Waals surface area contributed by atoms with Crippen molar-refractivity contribution in [2.45, 2.75) is 12.5 Å². The fourth-order valence-electron chi connectivity index (χ4n) is 1.64. The van der Waals surface area contributed by atoms with Gasteiger partial charge in [0.2, 0.25) is 5.24 Å². The molecule has 0 spiro atoms. The van der Waals surface area contributed by atoms with E-state index in [-0.39, 0.29) is 18.2 Å². The zero-order valence-corrected chi connectivity index (χ0v) is 10.3. The van der Waals surface area contributed by atoms with Crippen LogP contribution in [0.25, 0.3) is 10.9 Å². The molecule has 2 aromatic rings. The van der Waals surface area contributed by atoms with E-state index in [9.17, 15) is 9.18 Å². The number of aromatic nitrogens is 1. The Morgan fingerprint density at radius 3 is 2.88 bits per heavy atom. The minimum Gasteiger partial charge on any atom is -0.361 e. The van der Waals surface area contributed by atoms with Gasteiger partial charge in [-0.1, -0.05) is 0 Å². The number of hydrogen-bond acceptors (Lipinski definition) is 2. The molecule has 0 fully saturated rings. The van der Waals surface area contributed by atoms with Gasteiger partial charge in [0.1, 0.15) is 5.82 Å². The van der Waals surface area contributed by atoms with Crippen molar-refractivity contribution in [2.75, 3.05) is 0 Å². The predicted octanol–water partition coefficient (Wildman–Crippen LogP) is 2.36. The van der Waals surface area contributed by atoms with E-state index in [0.29, 0.717) is 11.9 Å². The summed E-state index contributed by atoms with van der Waals surface area (Å²) < 4.78 is 12.9. The van der Waals surface area contributed by atoms with Crippen LogP contribution in [0, 0.1) is 5.82 Å². The van der Waals surface area contributed by atoms with Crippen molar-refractivity contribution < 1.29 is 9.18 Å². The summed E-state index contributed by atoms with van der Waals surface area (Å²) in [6.07, 6.45) is 2.05. The molecule has 3 nitrogen and oxygen atoms in total. The second-order valence-electron chi connectivity index (χ2n) is 3.62. The number of nitrogens with two attached hydrogens (primary N) is 1. The summed E-state index contributed by atoms with van der Waals surface area (Å²) in [5.41, 5.74) is 7.10. The van der Waals surface area contributed by atoms with Crippen molar-refractivity contribution in [3.8, 4) is 0 Å². The van der Waals surface area contributed by atoms with E-state index >= 15 is 0 Å². The molecule has 0 radical (unpaired) electrons. The Morgan fingerprint density at radius 1 is 1.53 bits per heavy atom. The Morgan fingerprint density at radius 2 is 2.24 bits per heavy atom. The van der Waals surface area contributed by atoms with Crippen LogP contribution in [0.1, 0.15) is 5.56 Å². The monoisotopic (exact) mass is 276 g/mol. The average molecular weight is 277 g/mol. The van der Waals surface area contributed by atoms with E-state index in [2.05, 4.69) is 4.98 Å². The molecule has 1 aromatic heterocycles. The van der Waals surface area contributed by atoms with Gasteiger partial charge in [0.15, 0.2) is 0 Å². The lowest BCUT2D eigenvalue weighted by atomic mass is 10.1. The van der Waals surface area contributed by atoms with Gasteiger partial charge in [-0.3, -0.25) is 4.79 Å². The van der Waals surface area contributed by atoms with Gasteiger partial charge in [-0.25, -0.2) is 4.39 Å². The molecular weight excluding hydrogens is 266 g/mol. The normalized spacial score (nSPS) is 12.2. The van der Waals surface area contributed by atoms with Crippen molar-refractivity contribution in [1.82, 2.24) is 4.98 Å². The zero-order valence-electron chi connectivity index (χ0n) is 8.74. The molecular formula is C11H11Cl2FN2O. The molecule has 0 aliphatic heterocycles. The van der Waals surface area contributed by atoms with E-state index in [4.69, 9.17) is 17.3 Å². The SMILES string of the molecule is Cl.NC(Cc1c[nH]c2cc(F)ccc12)C(=O)Cl. The topological polar surface area (TPSA) is 58.9 Å². The second-order valence-corrected chi connectivity index (χ2v) is 3.99. The van der Waals surface area contributed by atoms with Crippen molar-refractivity contribution in [3.05, 3.63) is 35.8 Å². The molecule has 0 aliphatic rings. The van der Waals surface area contributed by atoms with Gasteiger partial charge in [-0.05, 0) is 41.8 Å². The molecule has 17 heavy (non-hydrogen) atoms. The largest absolute Gasteiger partial charge is 0.361 e. The zero-order chi connectivity index (χ0) is 11.7. The summed E-state index contributed by atoms with van der Waals surface area (Å²) in [7, 11) is 0.